The van der Waals surface area contributed by atoms with Gasteiger partial charge in [-0.2, -0.15) is 0 Å². The normalized spacial score (nSPS) is 23.2. The number of ether oxygens (including phenoxy) is 2. The molecule has 1 heterocycles. The SMILES string of the molecule is CCNCc1ccc(OC2CC(C)(C)OC2(C)C)c(F)c1. The third kappa shape index (κ3) is 3.95. The second kappa shape index (κ2) is 5.93. The summed E-state index contributed by atoms with van der Waals surface area (Å²) in [5, 5.41) is 3.18. The van der Waals surface area contributed by atoms with E-state index < -0.39 is 5.60 Å². The van der Waals surface area contributed by atoms with Crippen molar-refractivity contribution < 1.29 is 13.9 Å². The van der Waals surface area contributed by atoms with Crippen LogP contribution in [0.5, 0.6) is 5.75 Å². The summed E-state index contributed by atoms with van der Waals surface area (Å²) in [5.74, 6) is -0.0134. The summed E-state index contributed by atoms with van der Waals surface area (Å²) in [6.07, 6.45) is 0.597. The molecule has 3 nitrogen and oxygen atoms in total. The lowest BCUT2D eigenvalue weighted by molar-refractivity contribution is -0.0849. The second-order valence-electron chi connectivity index (χ2n) is 6.82. The number of benzene rings is 1. The van der Waals surface area contributed by atoms with Gasteiger partial charge in [0, 0.05) is 13.0 Å². The smallest absolute Gasteiger partial charge is 0.165 e. The molecule has 1 fully saturated rings. The fraction of sp³-hybridized carbons (Fsp3) is 0.647. The Balaban J connectivity index is 2.09. The zero-order valence-corrected chi connectivity index (χ0v) is 13.6. The Labute approximate surface area is 126 Å². The third-order valence-electron chi connectivity index (χ3n) is 3.84. The average Bonchev–Trinajstić information content (AvgIpc) is 2.57. The quantitative estimate of drug-likeness (QED) is 0.899. The number of hydrogen-bond donors (Lipinski definition) is 1. The fourth-order valence-corrected chi connectivity index (χ4v) is 2.87. The van der Waals surface area contributed by atoms with Crippen LogP contribution in [0, 0.1) is 5.82 Å². The molecule has 1 aromatic carbocycles. The Morgan fingerprint density at radius 1 is 1.33 bits per heavy atom. The van der Waals surface area contributed by atoms with E-state index in [4.69, 9.17) is 9.47 Å². The number of halogens is 1. The van der Waals surface area contributed by atoms with Crippen molar-refractivity contribution in [1.29, 1.82) is 0 Å². The standard InChI is InChI=1S/C17H26FNO2/c1-6-19-11-12-7-8-14(13(18)9-12)20-15-10-16(2,3)21-17(15,4)5/h7-9,15,19H,6,10-11H2,1-5H3. The first-order valence-electron chi connectivity index (χ1n) is 7.59. The molecule has 0 radical (unpaired) electrons. The molecule has 0 spiro atoms. The van der Waals surface area contributed by atoms with Crippen LogP contribution in [0.25, 0.3) is 0 Å². The Bertz CT molecular complexity index is 500. The van der Waals surface area contributed by atoms with Gasteiger partial charge in [-0.05, 0) is 51.9 Å². The molecule has 1 atom stereocenters. The summed E-state index contributed by atoms with van der Waals surface area (Å²) >= 11 is 0. The summed E-state index contributed by atoms with van der Waals surface area (Å²) in [5.41, 5.74) is 0.262. The minimum absolute atomic E-state index is 0.151. The maximum atomic E-state index is 14.2. The largest absolute Gasteiger partial charge is 0.484 e. The van der Waals surface area contributed by atoms with Crippen LogP contribution in [0.15, 0.2) is 18.2 Å². The first-order valence-corrected chi connectivity index (χ1v) is 7.59. The Morgan fingerprint density at radius 2 is 2.05 bits per heavy atom. The molecule has 1 saturated heterocycles. The first kappa shape index (κ1) is 16.2. The molecule has 118 valence electrons. The van der Waals surface area contributed by atoms with Crippen LogP contribution in [0.1, 0.15) is 46.6 Å². The molecule has 0 aromatic heterocycles. The molecule has 21 heavy (non-hydrogen) atoms. The van der Waals surface area contributed by atoms with E-state index >= 15 is 0 Å². The minimum atomic E-state index is -0.418. The van der Waals surface area contributed by atoms with Crippen LogP contribution in [0.4, 0.5) is 4.39 Å². The van der Waals surface area contributed by atoms with E-state index in [1.165, 1.54) is 6.07 Å². The number of rotatable bonds is 5. The molecule has 0 aliphatic carbocycles. The van der Waals surface area contributed by atoms with Crippen LogP contribution in [-0.2, 0) is 11.3 Å². The predicted octanol–water partition coefficient (Wildman–Crippen LogP) is 3.66. The average molecular weight is 295 g/mol. The van der Waals surface area contributed by atoms with Gasteiger partial charge in [-0.3, -0.25) is 0 Å². The van der Waals surface area contributed by atoms with E-state index in [-0.39, 0.29) is 17.5 Å². The van der Waals surface area contributed by atoms with Gasteiger partial charge in [-0.25, -0.2) is 4.39 Å². The van der Waals surface area contributed by atoms with Gasteiger partial charge in [-0.15, -0.1) is 0 Å². The monoisotopic (exact) mass is 295 g/mol. The van der Waals surface area contributed by atoms with Crippen LogP contribution in [0.2, 0.25) is 0 Å². The molecule has 0 bridgehead atoms. The zero-order valence-electron chi connectivity index (χ0n) is 13.6. The topological polar surface area (TPSA) is 30.5 Å². The highest BCUT2D eigenvalue weighted by atomic mass is 19.1. The molecular weight excluding hydrogens is 269 g/mol. The van der Waals surface area contributed by atoms with Crippen LogP contribution >= 0.6 is 0 Å². The maximum Gasteiger partial charge on any atom is 0.165 e. The lowest BCUT2D eigenvalue weighted by Gasteiger charge is -2.27. The van der Waals surface area contributed by atoms with Gasteiger partial charge in [0.25, 0.3) is 0 Å². The van der Waals surface area contributed by atoms with Crippen molar-refractivity contribution in [2.45, 2.75) is 64.9 Å². The summed E-state index contributed by atoms with van der Waals surface area (Å²) < 4.78 is 26.1. The lowest BCUT2D eigenvalue weighted by Crippen LogP contribution is -2.36. The van der Waals surface area contributed by atoms with Crippen molar-refractivity contribution in [2.75, 3.05) is 6.54 Å². The van der Waals surface area contributed by atoms with Crippen molar-refractivity contribution in [3.8, 4) is 5.75 Å². The van der Waals surface area contributed by atoms with Gasteiger partial charge in [0.2, 0.25) is 0 Å². The van der Waals surface area contributed by atoms with Crippen molar-refractivity contribution in [3.05, 3.63) is 29.6 Å². The van der Waals surface area contributed by atoms with E-state index in [2.05, 4.69) is 5.32 Å². The van der Waals surface area contributed by atoms with E-state index in [0.717, 1.165) is 18.5 Å². The molecule has 1 N–H and O–H groups in total. The van der Waals surface area contributed by atoms with Gasteiger partial charge in [-0.1, -0.05) is 13.0 Å². The van der Waals surface area contributed by atoms with Crippen molar-refractivity contribution in [3.63, 3.8) is 0 Å². The fourth-order valence-electron chi connectivity index (χ4n) is 2.87. The molecule has 1 unspecified atom stereocenters. The molecule has 2 rings (SSSR count). The van der Waals surface area contributed by atoms with E-state index in [1.807, 2.05) is 40.7 Å². The van der Waals surface area contributed by atoms with Crippen molar-refractivity contribution in [1.82, 2.24) is 5.32 Å². The van der Waals surface area contributed by atoms with Gasteiger partial charge < -0.3 is 14.8 Å². The van der Waals surface area contributed by atoms with Gasteiger partial charge in [0.15, 0.2) is 11.6 Å². The molecule has 1 aliphatic rings. The Morgan fingerprint density at radius 3 is 2.57 bits per heavy atom. The zero-order chi connectivity index (χ0) is 15.7. The summed E-state index contributed by atoms with van der Waals surface area (Å²) in [6.45, 7) is 11.6. The van der Waals surface area contributed by atoms with Crippen molar-refractivity contribution in [2.24, 2.45) is 0 Å². The molecule has 1 aliphatic heterocycles. The molecular formula is C17H26FNO2. The number of nitrogens with one attached hydrogen (secondary N) is 1. The third-order valence-corrected chi connectivity index (χ3v) is 3.84. The van der Waals surface area contributed by atoms with Crippen LogP contribution in [-0.4, -0.2) is 23.9 Å². The highest BCUT2D eigenvalue weighted by molar-refractivity contribution is 5.30. The Kier molecular flexibility index (Phi) is 4.59. The predicted molar refractivity (Wildman–Crippen MR) is 82.1 cm³/mol. The first-order chi connectivity index (χ1) is 9.73. The minimum Gasteiger partial charge on any atom is -0.484 e. The highest BCUT2D eigenvalue weighted by Gasteiger charge is 2.47. The summed E-state index contributed by atoms with van der Waals surface area (Å²) in [4.78, 5) is 0. The second-order valence-corrected chi connectivity index (χ2v) is 6.82. The van der Waals surface area contributed by atoms with E-state index in [0.29, 0.717) is 12.3 Å². The molecule has 0 saturated carbocycles. The van der Waals surface area contributed by atoms with Gasteiger partial charge >= 0.3 is 0 Å². The maximum absolute atomic E-state index is 14.2. The molecule has 4 heteroatoms. The van der Waals surface area contributed by atoms with Gasteiger partial charge in [0.05, 0.1) is 5.60 Å². The highest BCUT2D eigenvalue weighted by Crippen LogP contribution is 2.39. The van der Waals surface area contributed by atoms with Gasteiger partial charge in [0.1, 0.15) is 11.7 Å². The lowest BCUT2D eigenvalue weighted by atomic mass is 9.97. The molecule has 0 amide bonds. The Hall–Kier alpha value is -1.13. The van der Waals surface area contributed by atoms with E-state index in [1.54, 1.807) is 6.07 Å². The van der Waals surface area contributed by atoms with E-state index in [9.17, 15) is 4.39 Å². The van der Waals surface area contributed by atoms with Crippen LogP contribution in [0.3, 0.4) is 0 Å². The van der Waals surface area contributed by atoms with Crippen LogP contribution < -0.4 is 10.1 Å². The van der Waals surface area contributed by atoms with Crippen molar-refractivity contribution >= 4 is 0 Å². The summed E-state index contributed by atoms with van der Waals surface area (Å²) in [7, 11) is 0. The molecule has 1 aromatic rings. The number of hydrogen-bond acceptors (Lipinski definition) is 3. The summed E-state index contributed by atoms with van der Waals surface area (Å²) in [6, 6.07) is 5.14.